The van der Waals surface area contributed by atoms with Gasteiger partial charge in [0, 0.05) is 10.6 Å². The van der Waals surface area contributed by atoms with Crippen molar-refractivity contribution in [2.24, 2.45) is 5.92 Å². The SMILES string of the molecule is CC1C[C@@H]1NCI. The van der Waals surface area contributed by atoms with Crippen LogP contribution in [0.1, 0.15) is 13.3 Å². The minimum absolute atomic E-state index is 0.858. The molecule has 0 aromatic carbocycles. The molecule has 1 fully saturated rings. The number of hydrogen-bond donors (Lipinski definition) is 1. The lowest BCUT2D eigenvalue weighted by Crippen LogP contribution is -2.14. The molecule has 0 aliphatic heterocycles. The fourth-order valence-electron chi connectivity index (χ4n) is 0.706. The molecule has 0 heterocycles. The average molecular weight is 211 g/mol. The van der Waals surface area contributed by atoms with Crippen molar-refractivity contribution in [2.45, 2.75) is 19.4 Å². The summed E-state index contributed by atoms with van der Waals surface area (Å²) in [5.41, 5.74) is 0. The van der Waals surface area contributed by atoms with Crippen molar-refractivity contribution in [1.29, 1.82) is 0 Å². The summed E-state index contributed by atoms with van der Waals surface area (Å²) >= 11 is 2.34. The second-order valence-corrected chi connectivity index (χ2v) is 2.92. The van der Waals surface area contributed by atoms with Crippen molar-refractivity contribution in [3.05, 3.63) is 0 Å². The summed E-state index contributed by atoms with van der Waals surface area (Å²) < 4.78 is 1.10. The molecule has 0 aromatic heterocycles. The molecule has 1 aliphatic carbocycles. The van der Waals surface area contributed by atoms with E-state index in [0.29, 0.717) is 0 Å². The highest BCUT2D eigenvalue weighted by Gasteiger charge is 2.30. The third kappa shape index (κ3) is 1.57. The van der Waals surface area contributed by atoms with Crippen LogP contribution in [-0.2, 0) is 0 Å². The highest BCUT2D eigenvalue weighted by Crippen LogP contribution is 2.28. The standard InChI is InChI=1S/C5H10IN/c1-4-2-5(4)7-3-6/h4-5,7H,2-3H2,1H3/t4?,5-/m0/s1. The summed E-state index contributed by atoms with van der Waals surface area (Å²) in [6, 6.07) is 0.858. The van der Waals surface area contributed by atoms with Gasteiger partial charge in [-0.1, -0.05) is 29.5 Å². The summed E-state index contributed by atoms with van der Waals surface area (Å²) in [5, 5.41) is 3.36. The quantitative estimate of drug-likeness (QED) is 0.413. The van der Waals surface area contributed by atoms with Gasteiger partial charge in [0.25, 0.3) is 0 Å². The molecule has 0 amide bonds. The third-order valence-corrected chi connectivity index (χ3v) is 1.89. The summed E-state index contributed by atoms with van der Waals surface area (Å²) in [6.45, 7) is 2.28. The highest BCUT2D eigenvalue weighted by molar-refractivity contribution is 14.1. The Labute approximate surface area is 58.0 Å². The first-order chi connectivity index (χ1) is 3.34. The zero-order chi connectivity index (χ0) is 5.28. The molecule has 1 nitrogen and oxygen atoms in total. The van der Waals surface area contributed by atoms with E-state index >= 15 is 0 Å². The van der Waals surface area contributed by atoms with Gasteiger partial charge in [0.15, 0.2) is 0 Å². The Balaban J connectivity index is 1.98. The van der Waals surface area contributed by atoms with Gasteiger partial charge in [0.2, 0.25) is 0 Å². The summed E-state index contributed by atoms with van der Waals surface area (Å²) in [5.74, 6) is 0.953. The average Bonchev–Trinajstić information content (AvgIpc) is 2.22. The largest absolute Gasteiger partial charge is 0.305 e. The minimum atomic E-state index is 0.858. The van der Waals surface area contributed by atoms with Crippen LogP contribution in [0.5, 0.6) is 0 Å². The zero-order valence-electron chi connectivity index (χ0n) is 4.45. The number of hydrogen-bond acceptors (Lipinski definition) is 1. The molecule has 0 spiro atoms. The molecule has 0 saturated heterocycles. The van der Waals surface area contributed by atoms with Gasteiger partial charge in [-0.05, 0) is 12.3 Å². The molecular formula is C5H10IN. The van der Waals surface area contributed by atoms with Crippen molar-refractivity contribution in [2.75, 3.05) is 4.55 Å². The van der Waals surface area contributed by atoms with Crippen LogP contribution in [-0.4, -0.2) is 10.6 Å². The van der Waals surface area contributed by atoms with E-state index in [2.05, 4.69) is 34.8 Å². The number of nitrogens with one attached hydrogen (secondary N) is 1. The predicted molar refractivity (Wildman–Crippen MR) is 39.6 cm³/mol. The molecule has 2 heteroatoms. The number of halogens is 1. The van der Waals surface area contributed by atoms with Crippen molar-refractivity contribution >= 4 is 22.6 Å². The Bertz CT molecular complexity index is 65.1. The van der Waals surface area contributed by atoms with Crippen molar-refractivity contribution in [3.63, 3.8) is 0 Å². The third-order valence-electron chi connectivity index (χ3n) is 1.45. The first-order valence-electron chi connectivity index (χ1n) is 2.64. The minimum Gasteiger partial charge on any atom is -0.305 e. The van der Waals surface area contributed by atoms with Gasteiger partial charge >= 0.3 is 0 Å². The van der Waals surface area contributed by atoms with Crippen molar-refractivity contribution in [3.8, 4) is 0 Å². The Kier molecular flexibility index (Phi) is 1.92. The lowest BCUT2D eigenvalue weighted by molar-refractivity contribution is 0.740. The van der Waals surface area contributed by atoms with E-state index < -0.39 is 0 Å². The molecular weight excluding hydrogens is 201 g/mol. The zero-order valence-corrected chi connectivity index (χ0v) is 6.60. The van der Waals surface area contributed by atoms with E-state index in [1.165, 1.54) is 6.42 Å². The maximum absolute atomic E-state index is 3.36. The van der Waals surface area contributed by atoms with Gasteiger partial charge in [0.1, 0.15) is 0 Å². The molecule has 0 bridgehead atoms. The van der Waals surface area contributed by atoms with Crippen molar-refractivity contribution in [1.82, 2.24) is 5.32 Å². The maximum Gasteiger partial charge on any atom is 0.0482 e. The van der Waals surface area contributed by atoms with Gasteiger partial charge in [-0.15, -0.1) is 0 Å². The fourth-order valence-corrected chi connectivity index (χ4v) is 1.27. The van der Waals surface area contributed by atoms with Crippen LogP contribution >= 0.6 is 22.6 Å². The van der Waals surface area contributed by atoms with Gasteiger partial charge in [0.05, 0.1) is 0 Å². The first kappa shape index (κ1) is 5.82. The number of alkyl halides is 1. The Morgan fingerprint density at radius 3 is 2.57 bits per heavy atom. The van der Waals surface area contributed by atoms with Gasteiger partial charge in [-0.2, -0.15) is 0 Å². The second-order valence-electron chi connectivity index (χ2n) is 2.16. The Morgan fingerprint density at radius 2 is 2.43 bits per heavy atom. The molecule has 2 atom stereocenters. The highest BCUT2D eigenvalue weighted by atomic mass is 127. The fraction of sp³-hybridized carbons (Fsp3) is 1.00. The smallest absolute Gasteiger partial charge is 0.0482 e. The van der Waals surface area contributed by atoms with Crippen LogP contribution in [0.15, 0.2) is 0 Å². The molecule has 42 valence electrons. The topological polar surface area (TPSA) is 12.0 Å². The van der Waals surface area contributed by atoms with E-state index in [-0.39, 0.29) is 0 Å². The van der Waals surface area contributed by atoms with Crippen LogP contribution in [0.25, 0.3) is 0 Å². The van der Waals surface area contributed by atoms with Gasteiger partial charge < -0.3 is 5.32 Å². The molecule has 1 unspecified atom stereocenters. The lowest BCUT2D eigenvalue weighted by Gasteiger charge is -1.91. The van der Waals surface area contributed by atoms with Gasteiger partial charge in [-0.25, -0.2) is 0 Å². The lowest BCUT2D eigenvalue weighted by atomic mass is 10.5. The normalized spacial score (nSPS) is 38.6. The molecule has 7 heavy (non-hydrogen) atoms. The summed E-state index contributed by atoms with van der Waals surface area (Å²) in [7, 11) is 0. The van der Waals surface area contributed by atoms with Gasteiger partial charge in [-0.3, -0.25) is 0 Å². The molecule has 0 radical (unpaired) electrons. The van der Waals surface area contributed by atoms with E-state index in [4.69, 9.17) is 0 Å². The van der Waals surface area contributed by atoms with E-state index in [9.17, 15) is 0 Å². The number of rotatable bonds is 2. The molecule has 1 saturated carbocycles. The summed E-state index contributed by atoms with van der Waals surface area (Å²) in [6.07, 6.45) is 1.39. The van der Waals surface area contributed by atoms with Crippen molar-refractivity contribution < 1.29 is 0 Å². The molecule has 0 aromatic rings. The van der Waals surface area contributed by atoms with E-state index in [1.807, 2.05) is 0 Å². The van der Waals surface area contributed by atoms with E-state index in [1.54, 1.807) is 0 Å². The van der Waals surface area contributed by atoms with Crippen LogP contribution in [0.2, 0.25) is 0 Å². The second kappa shape index (κ2) is 2.31. The monoisotopic (exact) mass is 211 g/mol. The van der Waals surface area contributed by atoms with Crippen LogP contribution in [0.3, 0.4) is 0 Å². The van der Waals surface area contributed by atoms with Crippen LogP contribution in [0, 0.1) is 5.92 Å². The molecule has 1 aliphatic rings. The molecule has 1 rings (SSSR count). The molecule has 1 N–H and O–H groups in total. The van der Waals surface area contributed by atoms with Crippen LogP contribution < -0.4 is 5.32 Å². The van der Waals surface area contributed by atoms with Crippen LogP contribution in [0.4, 0.5) is 0 Å². The summed E-state index contributed by atoms with van der Waals surface area (Å²) in [4.78, 5) is 0. The first-order valence-corrected chi connectivity index (χ1v) is 4.16. The Morgan fingerprint density at radius 1 is 1.86 bits per heavy atom. The predicted octanol–water partition coefficient (Wildman–Crippen LogP) is 1.38. The Hall–Kier alpha value is 0.690. The maximum atomic E-state index is 3.36. The van der Waals surface area contributed by atoms with E-state index in [0.717, 1.165) is 16.5 Å².